The lowest BCUT2D eigenvalue weighted by Crippen LogP contribution is -1.81. The van der Waals surface area contributed by atoms with Gasteiger partial charge in [-0.25, -0.2) is 0 Å². The summed E-state index contributed by atoms with van der Waals surface area (Å²) in [5.74, 6) is 0.158. The monoisotopic (exact) mass is 236 g/mol. The predicted molar refractivity (Wildman–Crippen MR) is 71.3 cm³/mol. The molecule has 0 spiro atoms. The second-order valence-electron chi connectivity index (χ2n) is 3.98. The second-order valence-corrected chi connectivity index (χ2v) is 3.98. The van der Waals surface area contributed by atoms with Crippen LogP contribution in [0.15, 0.2) is 47.5 Å². The number of phenols is 1. The summed E-state index contributed by atoms with van der Waals surface area (Å²) in [4.78, 5) is 4.23. The smallest absolute Gasteiger partial charge is 0.141 e. The van der Waals surface area contributed by atoms with Gasteiger partial charge in [-0.05, 0) is 42.3 Å². The van der Waals surface area contributed by atoms with Crippen LogP contribution in [0.5, 0.6) is 5.75 Å². The van der Waals surface area contributed by atoms with Crippen molar-refractivity contribution in [3.8, 4) is 11.8 Å². The van der Waals surface area contributed by atoms with E-state index in [1.807, 2.05) is 31.2 Å². The first-order valence-electron chi connectivity index (χ1n) is 5.53. The minimum Gasteiger partial charge on any atom is -0.506 e. The molecular formula is C15H12N2O. The molecule has 0 amide bonds. The molecule has 0 atom stereocenters. The van der Waals surface area contributed by atoms with Crippen LogP contribution in [-0.2, 0) is 0 Å². The molecule has 0 bridgehead atoms. The molecule has 88 valence electrons. The third-order valence-electron chi connectivity index (χ3n) is 2.52. The Balaban J connectivity index is 2.24. The largest absolute Gasteiger partial charge is 0.506 e. The zero-order valence-corrected chi connectivity index (χ0v) is 9.96. The van der Waals surface area contributed by atoms with Crippen molar-refractivity contribution in [1.29, 1.82) is 5.26 Å². The molecule has 18 heavy (non-hydrogen) atoms. The second kappa shape index (κ2) is 5.15. The Kier molecular flexibility index (Phi) is 3.40. The fraction of sp³-hybridized carbons (Fsp3) is 0.0667. The maximum atomic E-state index is 9.64. The maximum absolute atomic E-state index is 9.64. The first-order valence-corrected chi connectivity index (χ1v) is 5.53. The molecule has 0 aliphatic heterocycles. The number of aliphatic imine (C=N–C) groups is 1. The molecule has 0 radical (unpaired) electrons. The molecule has 0 aromatic heterocycles. The highest BCUT2D eigenvalue weighted by molar-refractivity contribution is 5.82. The van der Waals surface area contributed by atoms with Crippen molar-refractivity contribution in [2.24, 2.45) is 4.99 Å². The minimum atomic E-state index is 0.158. The summed E-state index contributed by atoms with van der Waals surface area (Å²) in [7, 11) is 0. The molecule has 2 aromatic rings. The SMILES string of the molecule is Cc1ccc(O)c(/N=C/c2ccc(C#N)cc2)c1. The Hall–Kier alpha value is -2.60. The Labute approximate surface area is 106 Å². The van der Waals surface area contributed by atoms with E-state index in [0.29, 0.717) is 11.3 Å². The summed E-state index contributed by atoms with van der Waals surface area (Å²) in [6.45, 7) is 1.94. The minimum absolute atomic E-state index is 0.158. The summed E-state index contributed by atoms with van der Waals surface area (Å²) in [6.07, 6.45) is 1.66. The first-order chi connectivity index (χ1) is 8.69. The summed E-state index contributed by atoms with van der Waals surface area (Å²) in [6, 6.07) is 14.4. The third-order valence-corrected chi connectivity index (χ3v) is 2.52. The molecule has 0 unspecified atom stereocenters. The number of phenolic OH excluding ortho intramolecular Hbond substituents is 1. The van der Waals surface area contributed by atoms with E-state index in [2.05, 4.69) is 11.1 Å². The number of nitrogens with zero attached hydrogens (tertiary/aromatic N) is 2. The van der Waals surface area contributed by atoms with Crippen molar-refractivity contribution in [3.63, 3.8) is 0 Å². The summed E-state index contributed by atoms with van der Waals surface area (Å²) in [5, 5.41) is 18.3. The number of aromatic hydroxyl groups is 1. The normalized spacial score (nSPS) is 10.4. The highest BCUT2D eigenvalue weighted by Crippen LogP contribution is 2.26. The van der Waals surface area contributed by atoms with Crippen LogP contribution in [0.2, 0.25) is 0 Å². The fourth-order valence-corrected chi connectivity index (χ4v) is 1.52. The van der Waals surface area contributed by atoms with Crippen molar-refractivity contribution in [2.75, 3.05) is 0 Å². The predicted octanol–water partition coefficient (Wildman–Crippen LogP) is 3.32. The van der Waals surface area contributed by atoms with Gasteiger partial charge in [-0.2, -0.15) is 5.26 Å². The molecule has 0 saturated heterocycles. The van der Waals surface area contributed by atoms with Crippen molar-refractivity contribution in [1.82, 2.24) is 0 Å². The molecule has 0 aliphatic rings. The van der Waals surface area contributed by atoms with Crippen LogP contribution in [0.4, 0.5) is 5.69 Å². The average Bonchev–Trinajstić information content (AvgIpc) is 2.40. The van der Waals surface area contributed by atoms with E-state index in [1.165, 1.54) is 0 Å². The van der Waals surface area contributed by atoms with Crippen LogP contribution < -0.4 is 0 Å². The van der Waals surface area contributed by atoms with Gasteiger partial charge in [-0.15, -0.1) is 0 Å². The molecule has 0 heterocycles. The van der Waals surface area contributed by atoms with Gasteiger partial charge >= 0.3 is 0 Å². The van der Waals surface area contributed by atoms with Crippen molar-refractivity contribution < 1.29 is 5.11 Å². The van der Waals surface area contributed by atoms with Gasteiger partial charge in [0.05, 0.1) is 11.6 Å². The molecular weight excluding hydrogens is 224 g/mol. The van der Waals surface area contributed by atoms with Crippen LogP contribution in [0.25, 0.3) is 0 Å². The van der Waals surface area contributed by atoms with Gasteiger partial charge in [0, 0.05) is 6.21 Å². The van der Waals surface area contributed by atoms with Crippen LogP contribution in [0.3, 0.4) is 0 Å². The third kappa shape index (κ3) is 2.74. The van der Waals surface area contributed by atoms with Crippen LogP contribution in [0, 0.1) is 18.3 Å². The molecule has 0 saturated carbocycles. The van der Waals surface area contributed by atoms with E-state index in [0.717, 1.165) is 11.1 Å². The number of hydrogen-bond donors (Lipinski definition) is 1. The standard InChI is InChI=1S/C15H12N2O/c1-11-2-7-15(18)14(8-11)17-10-13-5-3-12(9-16)4-6-13/h2-8,10,18H,1H3/b17-10+. The van der Waals surface area contributed by atoms with E-state index in [1.54, 1.807) is 24.4 Å². The van der Waals surface area contributed by atoms with Gasteiger partial charge in [-0.1, -0.05) is 18.2 Å². The van der Waals surface area contributed by atoms with Gasteiger partial charge in [0.25, 0.3) is 0 Å². The molecule has 2 aromatic carbocycles. The highest BCUT2D eigenvalue weighted by atomic mass is 16.3. The van der Waals surface area contributed by atoms with E-state index in [9.17, 15) is 5.11 Å². The maximum Gasteiger partial charge on any atom is 0.141 e. The number of rotatable bonds is 2. The lowest BCUT2D eigenvalue weighted by Gasteiger charge is -2.00. The lowest BCUT2D eigenvalue weighted by molar-refractivity contribution is 0.477. The van der Waals surface area contributed by atoms with Gasteiger partial charge < -0.3 is 5.11 Å². The summed E-state index contributed by atoms with van der Waals surface area (Å²) < 4.78 is 0. The van der Waals surface area contributed by atoms with Gasteiger partial charge in [-0.3, -0.25) is 4.99 Å². The van der Waals surface area contributed by atoms with E-state index in [-0.39, 0.29) is 5.75 Å². The van der Waals surface area contributed by atoms with Crippen molar-refractivity contribution in [3.05, 3.63) is 59.2 Å². The zero-order valence-electron chi connectivity index (χ0n) is 9.96. The molecule has 1 N–H and O–H groups in total. The Morgan fingerprint density at radius 1 is 1.17 bits per heavy atom. The van der Waals surface area contributed by atoms with E-state index >= 15 is 0 Å². The Morgan fingerprint density at radius 3 is 2.56 bits per heavy atom. The molecule has 0 fully saturated rings. The van der Waals surface area contributed by atoms with Gasteiger partial charge in [0.1, 0.15) is 11.4 Å². The Bertz CT molecular complexity index is 622. The van der Waals surface area contributed by atoms with Crippen LogP contribution >= 0.6 is 0 Å². The zero-order chi connectivity index (χ0) is 13.0. The highest BCUT2D eigenvalue weighted by Gasteiger charge is 1.98. The number of hydrogen-bond acceptors (Lipinski definition) is 3. The number of benzene rings is 2. The van der Waals surface area contributed by atoms with Crippen LogP contribution in [-0.4, -0.2) is 11.3 Å². The summed E-state index contributed by atoms with van der Waals surface area (Å²) in [5.41, 5.74) is 3.08. The van der Waals surface area contributed by atoms with Gasteiger partial charge in [0.15, 0.2) is 0 Å². The van der Waals surface area contributed by atoms with E-state index < -0.39 is 0 Å². The van der Waals surface area contributed by atoms with Gasteiger partial charge in [0.2, 0.25) is 0 Å². The molecule has 2 rings (SSSR count). The molecule has 0 aliphatic carbocycles. The molecule has 3 nitrogen and oxygen atoms in total. The Morgan fingerprint density at radius 2 is 1.89 bits per heavy atom. The quantitative estimate of drug-likeness (QED) is 0.813. The fourth-order valence-electron chi connectivity index (χ4n) is 1.52. The van der Waals surface area contributed by atoms with E-state index in [4.69, 9.17) is 5.26 Å². The lowest BCUT2D eigenvalue weighted by atomic mass is 10.1. The molecule has 3 heteroatoms. The number of aryl methyl sites for hydroxylation is 1. The van der Waals surface area contributed by atoms with Crippen molar-refractivity contribution >= 4 is 11.9 Å². The van der Waals surface area contributed by atoms with Crippen molar-refractivity contribution in [2.45, 2.75) is 6.92 Å². The number of nitriles is 1. The average molecular weight is 236 g/mol. The summed E-state index contributed by atoms with van der Waals surface area (Å²) >= 11 is 0. The topological polar surface area (TPSA) is 56.4 Å². The van der Waals surface area contributed by atoms with Crippen LogP contribution in [0.1, 0.15) is 16.7 Å². The first kappa shape index (κ1) is 11.9.